The van der Waals surface area contributed by atoms with Gasteiger partial charge in [-0.15, -0.1) is 11.3 Å². The van der Waals surface area contributed by atoms with E-state index in [4.69, 9.17) is 4.74 Å². The molecule has 1 heterocycles. The Kier molecular flexibility index (Phi) is 7.14. The van der Waals surface area contributed by atoms with Crippen molar-refractivity contribution in [1.82, 2.24) is 4.98 Å². The summed E-state index contributed by atoms with van der Waals surface area (Å²) in [6.45, 7) is 9.16. The van der Waals surface area contributed by atoms with Crippen LogP contribution >= 0.6 is 11.3 Å². The minimum Gasteiger partial charge on any atom is -0.481 e. The van der Waals surface area contributed by atoms with Crippen LogP contribution in [0.15, 0.2) is 17.7 Å². The molecule has 134 valence electrons. The van der Waals surface area contributed by atoms with Gasteiger partial charge < -0.3 is 9.84 Å². The number of nitrogens with zero attached hydrogens (tertiary/aromatic N) is 1. The van der Waals surface area contributed by atoms with Crippen LogP contribution in [-0.4, -0.2) is 27.6 Å². The summed E-state index contributed by atoms with van der Waals surface area (Å²) < 4.78 is 5.44. The second-order valence-electron chi connectivity index (χ2n) is 7.11. The predicted octanol–water partition coefficient (Wildman–Crippen LogP) is 4.54. The summed E-state index contributed by atoms with van der Waals surface area (Å²) in [5.41, 5.74) is -0.970. The summed E-state index contributed by atoms with van der Waals surface area (Å²) in [7, 11) is 0. The molecule has 0 radical (unpaired) electrons. The maximum atomic E-state index is 12.4. The molecule has 0 saturated carbocycles. The van der Waals surface area contributed by atoms with Crippen LogP contribution in [0.5, 0.6) is 0 Å². The van der Waals surface area contributed by atoms with Gasteiger partial charge in [0.05, 0.1) is 11.0 Å². The Morgan fingerprint density at radius 1 is 1.29 bits per heavy atom. The first-order valence-corrected chi connectivity index (χ1v) is 9.04. The van der Waals surface area contributed by atoms with Crippen molar-refractivity contribution < 1.29 is 19.4 Å². The van der Waals surface area contributed by atoms with Crippen LogP contribution < -0.4 is 0 Å². The van der Waals surface area contributed by atoms with Crippen molar-refractivity contribution in [2.75, 3.05) is 0 Å². The molecule has 1 rings (SSSR count). The highest BCUT2D eigenvalue weighted by atomic mass is 32.1. The third kappa shape index (κ3) is 6.07. The van der Waals surface area contributed by atoms with E-state index >= 15 is 0 Å². The van der Waals surface area contributed by atoms with Crippen molar-refractivity contribution in [3.63, 3.8) is 0 Å². The lowest BCUT2D eigenvalue weighted by Crippen LogP contribution is -2.27. The largest absolute Gasteiger partial charge is 0.481 e. The average Bonchev–Trinajstić information content (AvgIpc) is 2.95. The minimum absolute atomic E-state index is 0.407. The Morgan fingerprint density at radius 2 is 1.96 bits per heavy atom. The van der Waals surface area contributed by atoms with Crippen molar-refractivity contribution >= 4 is 28.8 Å². The summed E-state index contributed by atoms with van der Waals surface area (Å²) >= 11 is 1.36. The number of rotatable bonds is 8. The van der Waals surface area contributed by atoms with E-state index in [2.05, 4.69) is 4.98 Å². The van der Waals surface area contributed by atoms with Crippen molar-refractivity contribution in [2.24, 2.45) is 5.41 Å². The second-order valence-corrected chi connectivity index (χ2v) is 8.01. The number of ether oxygens (including phenoxy) is 1. The van der Waals surface area contributed by atoms with Gasteiger partial charge in [-0.3, -0.25) is 4.79 Å². The van der Waals surface area contributed by atoms with Crippen LogP contribution in [0, 0.1) is 5.41 Å². The van der Waals surface area contributed by atoms with E-state index in [1.54, 1.807) is 24.6 Å². The Hall–Kier alpha value is -1.69. The number of thiazole rings is 1. The first-order chi connectivity index (χ1) is 11.1. The molecule has 0 aromatic carbocycles. The van der Waals surface area contributed by atoms with E-state index in [1.807, 2.05) is 27.7 Å². The number of carbonyl (C=O) groups excluding carboxylic acids is 1. The van der Waals surface area contributed by atoms with Gasteiger partial charge >= 0.3 is 11.9 Å². The average molecular weight is 353 g/mol. The summed E-state index contributed by atoms with van der Waals surface area (Å²) in [4.78, 5) is 28.1. The van der Waals surface area contributed by atoms with Crippen molar-refractivity contribution in [3.05, 3.63) is 22.7 Å². The summed E-state index contributed by atoms with van der Waals surface area (Å²) in [6, 6.07) is 0. The van der Waals surface area contributed by atoms with Crippen molar-refractivity contribution in [2.45, 2.75) is 65.9 Å². The van der Waals surface area contributed by atoms with Crippen LogP contribution in [0.4, 0.5) is 0 Å². The molecule has 0 aliphatic heterocycles. The zero-order valence-corrected chi connectivity index (χ0v) is 15.9. The molecule has 0 spiro atoms. The quantitative estimate of drug-likeness (QED) is 0.548. The highest BCUT2D eigenvalue weighted by Gasteiger charge is 2.31. The Bertz CT molecular complexity index is 587. The molecule has 0 fully saturated rings. The molecular formula is C18H27NO4S. The van der Waals surface area contributed by atoms with E-state index < -0.39 is 23.0 Å². The lowest BCUT2D eigenvalue weighted by molar-refractivity contribution is -0.149. The topological polar surface area (TPSA) is 76.5 Å². The fourth-order valence-corrected chi connectivity index (χ4v) is 3.04. The van der Waals surface area contributed by atoms with Gasteiger partial charge in [0, 0.05) is 11.6 Å². The van der Waals surface area contributed by atoms with Gasteiger partial charge in [-0.2, -0.15) is 0 Å². The number of hydrogen-bond acceptors (Lipinski definition) is 5. The molecule has 1 aromatic heterocycles. The number of carboxylic acid groups (broad SMARTS) is 1. The fraction of sp³-hybridized carbons (Fsp3) is 0.611. The zero-order valence-electron chi connectivity index (χ0n) is 15.1. The van der Waals surface area contributed by atoms with Crippen LogP contribution in [-0.2, 0) is 14.3 Å². The Morgan fingerprint density at radius 3 is 2.42 bits per heavy atom. The first-order valence-electron chi connectivity index (χ1n) is 8.16. The minimum atomic E-state index is -0.800. The van der Waals surface area contributed by atoms with Crippen molar-refractivity contribution in [3.8, 4) is 0 Å². The lowest BCUT2D eigenvalue weighted by Gasteiger charge is -2.23. The number of hydrogen-bond donors (Lipinski definition) is 1. The smallest absolute Gasteiger partial charge is 0.341 e. The summed E-state index contributed by atoms with van der Waals surface area (Å²) in [5.74, 6) is -1.23. The molecule has 0 amide bonds. The number of allylic oxidation sites excluding steroid dienone is 1. The van der Waals surface area contributed by atoms with Gasteiger partial charge in [-0.05, 0) is 47.0 Å². The van der Waals surface area contributed by atoms with Crippen molar-refractivity contribution in [1.29, 1.82) is 0 Å². The molecule has 6 heteroatoms. The number of carboxylic acids is 1. The maximum Gasteiger partial charge on any atom is 0.341 e. The number of carbonyl (C=O) groups is 2. The molecule has 0 aliphatic carbocycles. The highest BCUT2D eigenvalue weighted by molar-refractivity contribution is 7.11. The molecule has 0 saturated heterocycles. The maximum absolute atomic E-state index is 12.4. The summed E-state index contributed by atoms with van der Waals surface area (Å²) in [6.07, 6.45) is 5.75. The van der Waals surface area contributed by atoms with Gasteiger partial charge in [-0.25, -0.2) is 9.78 Å². The second kappa shape index (κ2) is 8.42. The zero-order chi connectivity index (χ0) is 18.4. The Labute approximate surface area is 147 Å². The molecule has 24 heavy (non-hydrogen) atoms. The van der Waals surface area contributed by atoms with Gasteiger partial charge in [0.1, 0.15) is 10.6 Å². The lowest BCUT2D eigenvalue weighted by atomic mass is 9.81. The van der Waals surface area contributed by atoms with Gasteiger partial charge in [0.15, 0.2) is 0 Å². The molecule has 1 N–H and O–H groups in total. The van der Waals surface area contributed by atoms with E-state index in [1.165, 1.54) is 11.3 Å². The molecule has 1 aromatic rings. The van der Waals surface area contributed by atoms with Gasteiger partial charge in [0.2, 0.25) is 0 Å². The Balaban J connectivity index is 2.94. The van der Waals surface area contributed by atoms with E-state index in [0.29, 0.717) is 29.8 Å². The number of esters is 1. The highest BCUT2D eigenvalue weighted by Crippen LogP contribution is 2.31. The fourth-order valence-electron chi connectivity index (χ4n) is 2.37. The van der Waals surface area contributed by atoms with E-state index in [-0.39, 0.29) is 0 Å². The van der Waals surface area contributed by atoms with E-state index in [9.17, 15) is 14.7 Å². The van der Waals surface area contributed by atoms with Crippen LogP contribution in [0.3, 0.4) is 0 Å². The van der Waals surface area contributed by atoms with Crippen LogP contribution in [0.25, 0.3) is 5.57 Å². The SMILES string of the molecule is CCC[C@@](C)(CCC=C(C(=O)OC(C)(C)C)c1nccs1)C(=O)O. The molecular weight excluding hydrogens is 326 g/mol. The van der Waals surface area contributed by atoms with Gasteiger partial charge in [-0.1, -0.05) is 19.4 Å². The van der Waals surface area contributed by atoms with Crippen LogP contribution in [0.2, 0.25) is 0 Å². The molecule has 0 bridgehead atoms. The number of aliphatic carboxylic acids is 1. The molecule has 1 atom stereocenters. The standard InChI is InChI=1S/C18H27NO4S/c1-6-9-18(5,16(21)22)10-7-8-13(14-19-11-12-24-14)15(20)23-17(2,3)4/h8,11-12H,6-7,9-10H2,1-5H3,(H,21,22)/t18-/m0/s1. The molecule has 0 aliphatic rings. The molecule has 5 nitrogen and oxygen atoms in total. The molecule has 0 unspecified atom stereocenters. The van der Waals surface area contributed by atoms with Gasteiger partial charge in [0.25, 0.3) is 0 Å². The normalized spacial score (nSPS) is 15.0. The van der Waals surface area contributed by atoms with Crippen LogP contribution in [0.1, 0.15) is 65.3 Å². The number of aromatic nitrogens is 1. The first kappa shape index (κ1) is 20.4. The third-order valence-electron chi connectivity index (χ3n) is 3.64. The predicted molar refractivity (Wildman–Crippen MR) is 95.8 cm³/mol. The third-order valence-corrected chi connectivity index (χ3v) is 4.45. The monoisotopic (exact) mass is 353 g/mol. The summed E-state index contributed by atoms with van der Waals surface area (Å²) in [5, 5.41) is 11.8. The van der Waals surface area contributed by atoms with E-state index in [0.717, 1.165) is 6.42 Å².